The number of aliphatic hydroxyl groups excluding tert-OH is 1. The van der Waals surface area contributed by atoms with E-state index in [-0.39, 0.29) is 18.3 Å². The summed E-state index contributed by atoms with van der Waals surface area (Å²) in [5.74, 6) is 1.41. The number of ether oxygens (including phenoxy) is 1. The van der Waals surface area contributed by atoms with Gasteiger partial charge in [0.05, 0.1) is 24.9 Å². The number of rotatable bonds is 5. The summed E-state index contributed by atoms with van der Waals surface area (Å²) in [7, 11) is 0. The first-order valence-corrected chi connectivity index (χ1v) is 7.52. The number of imidazole rings is 1. The molecular formula is C15H27N3O2. The van der Waals surface area contributed by atoms with E-state index in [0.717, 1.165) is 18.9 Å². The molecule has 1 fully saturated rings. The predicted octanol–water partition coefficient (Wildman–Crippen LogP) is 1.48. The van der Waals surface area contributed by atoms with Crippen molar-refractivity contribution < 1.29 is 9.84 Å². The molecule has 2 rings (SSSR count). The normalized spacial score (nSPS) is 26.1. The van der Waals surface area contributed by atoms with Crippen LogP contribution in [0.15, 0.2) is 12.4 Å². The molecule has 1 aliphatic rings. The average molecular weight is 281 g/mol. The van der Waals surface area contributed by atoms with Crippen LogP contribution >= 0.6 is 0 Å². The fourth-order valence-electron chi connectivity index (χ4n) is 2.99. The molecule has 114 valence electrons. The summed E-state index contributed by atoms with van der Waals surface area (Å²) in [6, 6.07) is 0. The van der Waals surface area contributed by atoms with Gasteiger partial charge in [-0.05, 0) is 13.8 Å². The first kappa shape index (κ1) is 15.5. The Bertz CT molecular complexity index is 409. The molecule has 0 amide bonds. The maximum atomic E-state index is 10.3. The smallest absolute Gasteiger partial charge is 0.111 e. The van der Waals surface area contributed by atoms with Crippen LogP contribution in [0.5, 0.6) is 0 Å². The zero-order valence-electron chi connectivity index (χ0n) is 13.0. The lowest BCUT2D eigenvalue weighted by Gasteiger charge is -2.36. The molecule has 3 atom stereocenters. The van der Waals surface area contributed by atoms with Gasteiger partial charge in [-0.1, -0.05) is 13.8 Å². The third kappa shape index (κ3) is 4.04. The molecule has 1 aromatic heterocycles. The molecule has 0 spiro atoms. The van der Waals surface area contributed by atoms with Crippen LogP contribution in [0.3, 0.4) is 0 Å². The van der Waals surface area contributed by atoms with E-state index >= 15 is 0 Å². The molecule has 0 aromatic carbocycles. The highest BCUT2D eigenvalue weighted by Crippen LogP contribution is 2.14. The standard InChI is InChI=1S/C15H27N3O2/c1-11(2)15-16-5-6-18(15)10-14(19)9-17-7-12(3)20-13(4)8-17/h5-6,11-14,19H,7-10H2,1-4H3/t12-,13+,14-/m1/s1. The molecule has 5 heteroatoms. The third-order valence-electron chi connectivity index (χ3n) is 3.64. The molecule has 1 N–H and O–H groups in total. The number of hydrogen-bond donors (Lipinski definition) is 1. The van der Waals surface area contributed by atoms with Crippen LogP contribution < -0.4 is 0 Å². The SMILES string of the molecule is CC(C)c1nccn1C[C@H](O)CN1C[C@@H](C)O[C@@H](C)C1. The molecule has 20 heavy (non-hydrogen) atoms. The summed E-state index contributed by atoms with van der Waals surface area (Å²) < 4.78 is 7.77. The minimum Gasteiger partial charge on any atom is -0.390 e. The van der Waals surface area contributed by atoms with Gasteiger partial charge in [0, 0.05) is 37.9 Å². The second-order valence-corrected chi connectivity index (χ2v) is 6.22. The van der Waals surface area contributed by atoms with Crippen LogP contribution in [0.4, 0.5) is 0 Å². The lowest BCUT2D eigenvalue weighted by molar-refractivity contribution is -0.0773. The Hall–Kier alpha value is -0.910. The van der Waals surface area contributed by atoms with Gasteiger partial charge in [0.1, 0.15) is 5.82 Å². The van der Waals surface area contributed by atoms with Crippen LogP contribution in [0.2, 0.25) is 0 Å². The highest BCUT2D eigenvalue weighted by Gasteiger charge is 2.24. The maximum Gasteiger partial charge on any atom is 0.111 e. The van der Waals surface area contributed by atoms with Crippen molar-refractivity contribution in [3.05, 3.63) is 18.2 Å². The van der Waals surface area contributed by atoms with E-state index in [1.54, 1.807) is 6.20 Å². The Morgan fingerprint density at radius 2 is 1.95 bits per heavy atom. The quantitative estimate of drug-likeness (QED) is 0.888. The number of β-amino-alcohol motifs (C(OH)–C–C–N with tert-alkyl or cyclic N) is 1. The van der Waals surface area contributed by atoms with Crippen molar-refractivity contribution in [1.82, 2.24) is 14.5 Å². The van der Waals surface area contributed by atoms with Crippen LogP contribution in [-0.2, 0) is 11.3 Å². The van der Waals surface area contributed by atoms with Crippen molar-refractivity contribution in [2.75, 3.05) is 19.6 Å². The van der Waals surface area contributed by atoms with Crippen LogP contribution in [-0.4, -0.2) is 57.5 Å². The van der Waals surface area contributed by atoms with Gasteiger partial charge in [0.15, 0.2) is 0 Å². The number of aliphatic hydroxyl groups is 1. The van der Waals surface area contributed by atoms with Gasteiger partial charge in [0.25, 0.3) is 0 Å². The van der Waals surface area contributed by atoms with Crippen LogP contribution in [0.25, 0.3) is 0 Å². The molecule has 1 aliphatic heterocycles. The summed E-state index contributed by atoms with van der Waals surface area (Å²) >= 11 is 0. The van der Waals surface area contributed by atoms with Crippen molar-refractivity contribution >= 4 is 0 Å². The lowest BCUT2D eigenvalue weighted by atomic mass is 10.2. The maximum absolute atomic E-state index is 10.3. The van der Waals surface area contributed by atoms with E-state index in [2.05, 4.69) is 42.1 Å². The van der Waals surface area contributed by atoms with Crippen molar-refractivity contribution in [2.24, 2.45) is 0 Å². The van der Waals surface area contributed by atoms with Gasteiger partial charge in [-0.2, -0.15) is 0 Å². The Kier molecular flexibility index (Phi) is 5.18. The molecule has 1 saturated heterocycles. The summed E-state index contributed by atoms with van der Waals surface area (Å²) in [6.07, 6.45) is 3.86. The minimum atomic E-state index is -0.376. The monoisotopic (exact) mass is 281 g/mol. The molecular weight excluding hydrogens is 254 g/mol. The minimum absolute atomic E-state index is 0.241. The number of morpholine rings is 1. The molecule has 0 aliphatic carbocycles. The Labute approximate surface area is 121 Å². The van der Waals surface area contributed by atoms with E-state index in [1.165, 1.54) is 0 Å². The second-order valence-electron chi connectivity index (χ2n) is 6.22. The van der Waals surface area contributed by atoms with Crippen molar-refractivity contribution in [2.45, 2.75) is 58.5 Å². The van der Waals surface area contributed by atoms with E-state index in [1.807, 2.05) is 6.20 Å². The fraction of sp³-hybridized carbons (Fsp3) is 0.800. The largest absolute Gasteiger partial charge is 0.390 e. The molecule has 5 nitrogen and oxygen atoms in total. The van der Waals surface area contributed by atoms with Crippen molar-refractivity contribution in [3.8, 4) is 0 Å². The average Bonchev–Trinajstić information content (AvgIpc) is 2.75. The van der Waals surface area contributed by atoms with Gasteiger partial charge < -0.3 is 14.4 Å². The van der Waals surface area contributed by atoms with Crippen molar-refractivity contribution in [1.29, 1.82) is 0 Å². The molecule has 0 radical (unpaired) electrons. The topological polar surface area (TPSA) is 50.5 Å². The number of hydrogen-bond acceptors (Lipinski definition) is 4. The highest BCUT2D eigenvalue weighted by molar-refractivity contribution is 4.98. The highest BCUT2D eigenvalue weighted by atomic mass is 16.5. The van der Waals surface area contributed by atoms with Gasteiger partial charge in [-0.3, -0.25) is 4.90 Å². The summed E-state index contributed by atoms with van der Waals surface area (Å²) in [4.78, 5) is 6.65. The number of nitrogens with zero attached hydrogens (tertiary/aromatic N) is 3. The predicted molar refractivity (Wildman–Crippen MR) is 78.8 cm³/mol. The summed E-state index contributed by atoms with van der Waals surface area (Å²) in [5, 5.41) is 10.3. The lowest BCUT2D eigenvalue weighted by Crippen LogP contribution is -2.48. The fourth-order valence-corrected chi connectivity index (χ4v) is 2.99. The van der Waals surface area contributed by atoms with Crippen molar-refractivity contribution in [3.63, 3.8) is 0 Å². The first-order chi connectivity index (χ1) is 9.45. The molecule has 2 heterocycles. The zero-order chi connectivity index (χ0) is 14.7. The Morgan fingerprint density at radius 1 is 1.30 bits per heavy atom. The van der Waals surface area contributed by atoms with Gasteiger partial charge >= 0.3 is 0 Å². The molecule has 0 saturated carbocycles. The molecule has 1 aromatic rings. The number of aromatic nitrogens is 2. The summed E-state index contributed by atoms with van der Waals surface area (Å²) in [5.41, 5.74) is 0. The molecule has 0 bridgehead atoms. The van der Waals surface area contributed by atoms with Gasteiger partial charge in [0.2, 0.25) is 0 Å². The van der Waals surface area contributed by atoms with E-state index in [0.29, 0.717) is 19.0 Å². The Morgan fingerprint density at radius 3 is 2.55 bits per heavy atom. The van der Waals surface area contributed by atoms with E-state index < -0.39 is 0 Å². The second kappa shape index (κ2) is 6.70. The van der Waals surface area contributed by atoms with Crippen LogP contribution in [0, 0.1) is 0 Å². The van der Waals surface area contributed by atoms with Crippen LogP contribution in [0.1, 0.15) is 39.4 Å². The van der Waals surface area contributed by atoms with E-state index in [9.17, 15) is 5.11 Å². The molecule has 0 unspecified atom stereocenters. The third-order valence-corrected chi connectivity index (χ3v) is 3.64. The summed E-state index contributed by atoms with van der Waals surface area (Å²) in [6.45, 7) is 11.5. The zero-order valence-corrected chi connectivity index (χ0v) is 13.0. The first-order valence-electron chi connectivity index (χ1n) is 7.52. The van der Waals surface area contributed by atoms with Gasteiger partial charge in [-0.25, -0.2) is 4.98 Å². The van der Waals surface area contributed by atoms with E-state index in [4.69, 9.17) is 4.74 Å². The Balaban J connectivity index is 1.88. The van der Waals surface area contributed by atoms with Gasteiger partial charge in [-0.15, -0.1) is 0 Å².